The Morgan fingerprint density at radius 3 is 1.51 bits per heavy atom. The average Bonchev–Trinajstić information content (AvgIpc) is 4.17. The fourth-order valence-electron chi connectivity index (χ4n) is 13.4. The predicted octanol–water partition coefficient (Wildman–Crippen LogP) is 3.70. The molecule has 4 aliphatic heterocycles. The molecule has 15 heteroatoms. The average molecular weight is 841 g/mol. The van der Waals surface area contributed by atoms with E-state index >= 15 is 0 Å². The third-order valence-corrected chi connectivity index (χ3v) is 16.4. The fraction of sp³-hybridized carbons (Fsp3) is 0.652. The molecule has 6 fully saturated rings. The van der Waals surface area contributed by atoms with Gasteiger partial charge in [0.25, 0.3) is 0 Å². The number of hydrogen-bond donors (Lipinski definition) is 2. The second-order valence-corrected chi connectivity index (χ2v) is 19.4. The third kappa shape index (κ3) is 5.45. The van der Waals surface area contributed by atoms with E-state index in [4.69, 9.17) is 33.2 Å². The van der Waals surface area contributed by atoms with Crippen LogP contribution in [0.5, 0.6) is 23.0 Å². The minimum atomic E-state index is -1.12. The Balaban J connectivity index is 0.645. The predicted molar refractivity (Wildman–Crippen MR) is 211 cm³/mol. The maximum atomic E-state index is 13.4. The molecule has 0 amide bonds. The van der Waals surface area contributed by atoms with Gasteiger partial charge in [-0.05, 0) is 112 Å². The first-order valence-corrected chi connectivity index (χ1v) is 22.5. The van der Waals surface area contributed by atoms with Gasteiger partial charge in [-0.1, -0.05) is 12.1 Å². The molecular weight excluding hydrogens is 789 g/mol. The van der Waals surface area contributed by atoms with Crippen LogP contribution in [0, 0.1) is 11.8 Å². The smallest absolute Gasteiger partial charge is 0.477 e. The highest BCUT2D eigenvalue weighted by Gasteiger charge is 2.75. The topological polar surface area (TPSA) is 180 Å². The van der Waals surface area contributed by atoms with Crippen molar-refractivity contribution in [2.24, 2.45) is 11.8 Å². The van der Waals surface area contributed by atoms with Gasteiger partial charge < -0.3 is 43.4 Å². The summed E-state index contributed by atoms with van der Waals surface area (Å²) in [6, 6.07) is 6.99. The minimum Gasteiger partial charge on any atom is -0.477 e. The van der Waals surface area contributed by atoms with Crippen LogP contribution in [-0.2, 0) is 47.5 Å². The van der Waals surface area contributed by atoms with Crippen LogP contribution in [0.15, 0.2) is 24.3 Å². The molecule has 12 rings (SSSR count). The van der Waals surface area contributed by atoms with Crippen LogP contribution in [0.4, 0.5) is 9.59 Å². The number of carbonyl (C=O) groups excluding carboxylic acids is 4. The van der Waals surface area contributed by atoms with Gasteiger partial charge >= 0.3 is 12.3 Å². The molecule has 4 bridgehead atoms. The molecule has 324 valence electrons. The lowest BCUT2D eigenvalue weighted by atomic mass is 9.49. The normalized spacial score (nSPS) is 36.0. The van der Waals surface area contributed by atoms with E-state index in [0.717, 1.165) is 48.4 Å². The number of nitrogens with zero attached hydrogens (tertiary/aromatic N) is 2. The standard InChI is InChI=1S/C46H52N2O13/c49-29-9-11-45(53)33-21-27-5-7-31(37-35(27)43(45,39(29)60-37)13-15-47(33)23-25-1-2-25)58-41(51)56-19-17-55-18-20-57-42(52)59-32-8-6-28-22-34-46(54)12-10-30(50)40-44(46,36(28)38(32)61-40)14-16-48(34)24-26-3-4-26/h5-8,25-26,33-34,39-40,53-54H,1-4,9-24H2/t33-,34-,39+,40+,43+,44+,45-,46-/m1/s1. The Kier molecular flexibility index (Phi) is 8.57. The SMILES string of the molecule is O=C(OCCOCCOC(=O)Oc1ccc2c3c1O[C@H]1C(=O)CC[C@@]4(O)[C@@H](C2)N(CC2CC2)CC[C@]314)Oc1ccc2c3c1O[C@H]1C(=O)CC[C@@]4(O)[C@@H](C2)N(CC2CC2)CC[C@]314. The van der Waals surface area contributed by atoms with Crippen molar-refractivity contribution < 1.29 is 62.5 Å². The van der Waals surface area contributed by atoms with Crippen molar-refractivity contribution in [2.45, 2.75) is 123 Å². The Hall–Kier alpha value is -4.28. The molecule has 6 aliphatic carbocycles. The number of likely N-dealkylation sites (tertiary alicyclic amines) is 2. The lowest BCUT2D eigenvalue weighted by molar-refractivity contribution is -0.188. The molecule has 15 nitrogen and oxygen atoms in total. The van der Waals surface area contributed by atoms with E-state index in [1.165, 1.54) is 25.7 Å². The molecular formula is C46H52N2O13. The Labute approximate surface area is 352 Å². The summed E-state index contributed by atoms with van der Waals surface area (Å²) >= 11 is 0. The molecule has 4 saturated carbocycles. The number of hydrogen-bond acceptors (Lipinski definition) is 15. The quantitative estimate of drug-likeness (QED) is 0.179. The summed E-state index contributed by atoms with van der Waals surface area (Å²) < 4.78 is 40.1. The van der Waals surface area contributed by atoms with Crippen LogP contribution < -0.4 is 18.9 Å². The van der Waals surface area contributed by atoms with Crippen molar-refractivity contribution >= 4 is 23.9 Å². The number of benzene rings is 2. The van der Waals surface area contributed by atoms with Crippen molar-refractivity contribution in [3.8, 4) is 23.0 Å². The molecule has 4 heterocycles. The number of ether oxygens (including phenoxy) is 7. The van der Waals surface area contributed by atoms with Gasteiger partial charge in [-0.15, -0.1) is 0 Å². The highest BCUT2D eigenvalue weighted by Crippen LogP contribution is 2.67. The lowest BCUT2D eigenvalue weighted by Gasteiger charge is -2.62. The van der Waals surface area contributed by atoms with Crippen LogP contribution in [0.1, 0.15) is 86.5 Å². The van der Waals surface area contributed by atoms with E-state index in [1.807, 2.05) is 12.1 Å². The van der Waals surface area contributed by atoms with E-state index in [1.54, 1.807) is 12.1 Å². The summed E-state index contributed by atoms with van der Waals surface area (Å²) in [6.07, 6.45) is 5.00. The lowest BCUT2D eigenvalue weighted by Crippen LogP contribution is -2.76. The zero-order chi connectivity index (χ0) is 41.5. The molecule has 0 unspecified atom stereocenters. The first-order valence-electron chi connectivity index (χ1n) is 22.5. The van der Waals surface area contributed by atoms with Crippen molar-refractivity contribution in [1.29, 1.82) is 0 Å². The summed E-state index contributed by atoms with van der Waals surface area (Å²) in [7, 11) is 0. The van der Waals surface area contributed by atoms with Crippen LogP contribution in [0.2, 0.25) is 0 Å². The van der Waals surface area contributed by atoms with E-state index in [0.29, 0.717) is 61.9 Å². The number of carbonyl (C=O) groups is 4. The van der Waals surface area contributed by atoms with E-state index in [-0.39, 0.29) is 74.4 Å². The molecule has 61 heavy (non-hydrogen) atoms. The number of piperidine rings is 2. The summed E-state index contributed by atoms with van der Waals surface area (Å²) in [4.78, 5) is 57.4. The maximum Gasteiger partial charge on any atom is 0.514 e. The number of Topliss-reactive ketones (excluding diaryl/α,β-unsaturated/α-hetero) is 2. The van der Waals surface area contributed by atoms with Crippen LogP contribution in [0.3, 0.4) is 0 Å². The Morgan fingerprint density at radius 2 is 1.08 bits per heavy atom. The summed E-state index contributed by atoms with van der Waals surface area (Å²) in [6.45, 7) is 3.18. The fourth-order valence-corrected chi connectivity index (χ4v) is 13.4. The van der Waals surface area contributed by atoms with E-state index in [9.17, 15) is 29.4 Å². The molecule has 2 aromatic rings. The molecule has 2 N–H and O–H groups in total. The molecule has 10 aliphatic rings. The van der Waals surface area contributed by atoms with Crippen molar-refractivity contribution in [2.75, 3.05) is 52.6 Å². The first kappa shape index (κ1) is 38.4. The van der Waals surface area contributed by atoms with Crippen LogP contribution >= 0.6 is 0 Å². The highest BCUT2D eigenvalue weighted by molar-refractivity contribution is 5.91. The molecule has 2 saturated heterocycles. The van der Waals surface area contributed by atoms with Gasteiger partial charge in [0.2, 0.25) is 0 Å². The van der Waals surface area contributed by atoms with E-state index < -0.39 is 46.6 Å². The van der Waals surface area contributed by atoms with Gasteiger partial charge in [0.05, 0.1) is 35.2 Å². The second-order valence-electron chi connectivity index (χ2n) is 19.4. The van der Waals surface area contributed by atoms with Gasteiger partial charge in [-0.3, -0.25) is 19.4 Å². The molecule has 0 radical (unpaired) electrons. The van der Waals surface area contributed by atoms with Crippen LogP contribution in [-0.4, -0.2) is 132 Å². The number of aliphatic hydroxyl groups is 2. The van der Waals surface area contributed by atoms with Crippen molar-refractivity contribution in [3.05, 3.63) is 46.5 Å². The molecule has 8 atom stereocenters. The summed E-state index contributed by atoms with van der Waals surface area (Å²) in [5, 5.41) is 25.0. The summed E-state index contributed by atoms with van der Waals surface area (Å²) in [5.74, 6) is 2.24. The first-order chi connectivity index (χ1) is 29.5. The Bertz CT molecular complexity index is 2090. The monoisotopic (exact) mass is 840 g/mol. The minimum absolute atomic E-state index is 0.00514. The van der Waals surface area contributed by atoms with E-state index in [2.05, 4.69) is 9.80 Å². The molecule has 2 spiro atoms. The zero-order valence-corrected chi connectivity index (χ0v) is 34.2. The van der Waals surface area contributed by atoms with Gasteiger partial charge in [-0.2, -0.15) is 0 Å². The van der Waals surface area contributed by atoms with Gasteiger partial charge in [-0.25, -0.2) is 9.59 Å². The Morgan fingerprint density at radius 1 is 0.639 bits per heavy atom. The summed E-state index contributed by atoms with van der Waals surface area (Å²) in [5.41, 5.74) is -0.377. The largest absolute Gasteiger partial charge is 0.514 e. The number of rotatable bonds is 12. The van der Waals surface area contributed by atoms with Gasteiger partial charge in [0.1, 0.15) is 13.2 Å². The molecule has 2 aromatic carbocycles. The van der Waals surface area contributed by atoms with Crippen LogP contribution in [0.25, 0.3) is 0 Å². The van der Waals surface area contributed by atoms with Gasteiger partial charge in [0.15, 0.2) is 46.8 Å². The van der Waals surface area contributed by atoms with Gasteiger partial charge in [0, 0.05) is 49.1 Å². The maximum absolute atomic E-state index is 13.4. The third-order valence-electron chi connectivity index (χ3n) is 16.4. The highest BCUT2D eigenvalue weighted by atomic mass is 16.7. The number of ketones is 2. The zero-order valence-electron chi connectivity index (χ0n) is 34.2. The second kappa shape index (κ2) is 13.6. The van der Waals surface area contributed by atoms with Crippen molar-refractivity contribution in [1.82, 2.24) is 9.80 Å². The van der Waals surface area contributed by atoms with Crippen molar-refractivity contribution in [3.63, 3.8) is 0 Å². The molecule has 0 aromatic heterocycles.